The lowest BCUT2D eigenvalue weighted by Gasteiger charge is -2.08. The lowest BCUT2D eigenvalue weighted by Crippen LogP contribution is -2.29. The molecule has 5 nitrogen and oxygen atoms in total. The zero-order chi connectivity index (χ0) is 18.6. The quantitative estimate of drug-likeness (QED) is 0.357. The van der Waals surface area contributed by atoms with Crippen molar-refractivity contribution < 1.29 is 9.59 Å². The monoisotopic (exact) mass is 369 g/mol. The predicted octanol–water partition coefficient (Wildman–Crippen LogP) is 3.91. The van der Waals surface area contributed by atoms with E-state index in [0.717, 1.165) is 12.2 Å². The van der Waals surface area contributed by atoms with E-state index in [0.29, 0.717) is 24.3 Å². The number of anilines is 1. The van der Waals surface area contributed by atoms with Crippen molar-refractivity contribution in [3.8, 4) is 0 Å². The Morgan fingerprint density at radius 1 is 1.00 bits per heavy atom. The first-order chi connectivity index (χ1) is 12.7. The fraction of sp³-hybridized carbons (Fsp3) is 0.200. The van der Waals surface area contributed by atoms with Crippen molar-refractivity contribution in [3.05, 3.63) is 72.8 Å². The molecule has 6 heteroatoms. The van der Waals surface area contributed by atoms with Gasteiger partial charge in [0.15, 0.2) is 0 Å². The summed E-state index contributed by atoms with van der Waals surface area (Å²) in [6.45, 7) is 4.58. The van der Waals surface area contributed by atoms with Gasteiger partial charge in [0.25, 0.3) is 5.91 Å². The number of hydrogen-bond acceptors (Lipinski definition) is 3. The summed E-state index contributed by atoms with van der Waals surface area (Å²) in [5.41, 5.74) is 1.18. The van der Waals surface area contributed by atoms with E-state index in [1.807, 2.05) is 18.2 Å². The Hall–Kier alpha value is -2.73. The van der Waals surface area contributed by atoms with Gasteiger partial charge in [-0.1, -0.05) is 24.3 Å². The SMILES string of the molecule is C=CCNC(=O)c1ccc(NC(=O)NCCCSc2ccccc2)cc1. The fourth-order valence-corrected chi connectivity index (χ4v) is 3.00. The molecular weight excluding hydrogens is 346 g/mol. The molecule has 0 unspecified atom stereocenters. The maximum Gasteiger partial charge on any atom is 0.319 e. The molecule has 0 fully saturated rings. The van der Waals surface area contributed by atoms with Crippen LogP contribution in [0.3, 0.4) is 0 Å². The highest BCUT2D eigenvalue weighted by molar-refractivity contribution is 7.99. The second-order valence-electron chi connectivity index (χ2n) is 5.47. The second-order valence-corrected chi connectivity index (χ2v) is 6.64. The van der Waals surface area contributed by atoms with E-state index in [1.165, 1.54) is 4.90 Å². The van der Waals surface area contributed by atoms with Crippen LogP contribution >= 0.6 is 11.8 Å². The van der Waals surface area contributed by atoms with Crippen LogP contribution < -0.4 is 16.0 Å². The van der Waals surface area contributed by atoms with Crippen LogP contribution in [0.25, 0.3) is 0 Å². The van der Waals surface area contributed by atoms with E-state index in [2.05, 4.69) is 34.7 Å². The summed E-state index contributed by atoms with van der Waals surface area (Å²) >= 11 is 1.77. The van der Waals surface area contributed by atoms with Gasteiger partial charge in [-0.15, -0.1) is 18.3 Å². The van der Waals surface area contributed by atoms with Crippen molar-refractivity contribution in [2.24, 2.45) is 0 Å². The highest BCUT2D eigenvalue weighted by atomic mass is 32.2. The van der Waals surface area contributed by atoms with E-state index in [-0.39, 0.29) is 11.9 Å². The van der Waals surface area contributed by atoms with Crippen molar-refractivity contribution >= 4 is 29.4 Å². The minimum Gasteiger partial charge on any atom is -0.349 e. The predicted molar refractivity (Wildman–Crippen MR) is 108 cm³/mol. The Morgan fingerprint density at radius 3 is 2.42 bits per heavy atom. The summed E-state index contributed by atoms with van der Waals surface area (Å²) in [4.78, 5) is 24.9. The molecule has 0 saturated heterocycles. The van der Waals surface area contributed by atoms with Crippen LogP contribution in [0.5, 0.6) is 0 Å². The van der Waals surface area contributed by atoms with Crippen molar-refractivity contribution in [1.82, 2.24) is 10.6 Å². The van der Waals surface area contributed by atoms with Gasteiger partial charge in [-0.05, 0) is 48.6 Å². The van der Waals surface area contributed by atoms with Gasteiger partial charge in [-0.25, -0.2) is 4.79 Å². The molecule has 0 aromatic heterocycles. The van der Waals surface area contributed by atoms with Gasteiger partial charge < -0.3 is 16.0 Å². The Bertz CT molecular complexity index is 718. The first-order valence-electron chi connectivity index (χ1n) is 8.41. The van der Waals surface area contributed by atoms with E-state index in [4.69, 9.17) is 0 Å². The molecule has 0 aliphatic heterocycles. The topological polar surface area (TPSA) is 70.2 Å². The van der Waals surface area contributed by atoms with E-state index in [1.54, 1.807) is 42.1 Å². The molecule has 0 saturated carbocycles. The molecule has 2 rings (SSSR count). The number of urea groups is 1. The van der Waals surface area contributed by atoms with Gasteiger partial charge in [0.1, 0.15) is 0 Å². The molecule has 0 heterocycles. The van der Waals surface area contributed by atoms with Crippen LogP contribution in [0.2, 0.25) is 0 Å². The summed E-state index contributed by atoms with van der Waals surface area (Å²) in [5, 5.41) is 8.29. The zero-order valence-electron chi connectivity index (χ0n) is 14.5. The average Bonchev–Trinajstić information content (AvgIpc) is 2.67. The lowest BCUT2D eigenvalue weighted by molar-refractivity contribution is 0.0958. The van der Waals surface area contributed by atoms with Crippen LogP contribution in [-0.4, -0.2) is 30.8 Å². The zero-order valence-corrected chi connectivity index (χ0v) is 15.4. The summed E-state index contributed by atoms with van der Waals surface area (Å²) in [7, 11) is 0. The summed E-state index contributed by atoms with van der Waals surface area (Å²) in [6.07, 6.45) is 2.51. The maximum absolute atomic E-state index is 11.9. The molecule has 26 heavy (non-hydrogen) atoms. The number of nitrogens with one attached hydrogen (secondary N) is 3. The molecule has 2 aromatic carbocycles. The van der Waals surface area contributed by atoms with Crippen LogP contribution in [0, 0.1) is 0 Å². The standard InChI is InChI=1S/C20H23N3O2S/c1-2-13-21-19(24)16-9-11-17(12-10-16)23-20(25)22-14-6-15-26-18-7-4-3-5-8-18/h2-5,7-12H,1,6,13-15H2,(H,21,24)(H2,22,23,25). The third kappa shape index (κ3) is 7.03. The fourth-order valence-electron chi connectivity index (χ4n) is 2.13. The van der Waals surface area contributed by atoms with E-state index >= 15 is 0 Å². The first-order valence-corrected chi connectivity index (χ1v) is 9.39. The lowest BCUT2D eigenvalue weighted by atomic mass is 10.2. The Labute approximate surface area is 158 Å². The Balaban J connectivity index is 1.65. The molecule has 0 aliphatic rings. The van der Waals surface area contributed by atoms with Crippen molar-refractivity contribution in [3.63, 3.8) is 0 Å². The molecule has 0 bridgehead atoms. The summed E-state index contributed by atoms with van der Waals surface area (Å²) in [6, 6.07) is 16.7. The Morgan fingerprint density at radius 2 is 1.73 bits per heavy atom. The number of thioether (sulfide) groups is 1. The normalized spacial score (nSPS) is 10.0. The number of benzene rings is 2. The van der Waals surface area contributed by atoms with Crippen molar-refractivity contribution in [2.75, 3.05) is 24.2 Å². The molecule has 3 amide bonds. The number of rotatable bonds is 9. The summed E-state index contributed by atoms with van der Waals surface area (Å²) < 4.78 is 0. The van der Waals surface area contributed by atoms with Crippen molar-refractivity contribution in [2.45, 2.75) is 11.3 Å². The van der Waals surface area contributed by atoms with Gasteiger partial charge in [0, 0.05) is 29.2 Å². The van der Waals surface area contributed by atoms with Crippen LogP contribution in [0.4, 0.5) is 10.5 Å². The van der Waals surface area contributed by atoms with Gasteiger partial charge in [-0.2, -0.15) is 0 Å². The largest absolute Gasteiger partial charge is 0.349 e. The minimum atomic E-state index is -0.251. The van der Waals surface area contributed by atoms with E-state index in [9.17, 15) is 9.59 Å². The third-order valence-electron chi connectivity index (χ3n) is 3.43. The van der Waals surface area contributed by atoms with Gasteiger partial charge in [0.05, 0.1) is 0 Å². The molecule has 0 radical (unpaired) electrons. The molecular formula is C20H23N3O2S. The molecule has 0 atom stereocenters. The molecule has 2 aromatic rings. The number of amides is 3. The number of hydrogen-bond donors (Lipinski definition) is 3. The molecule has 0 spiro atoms. The average molecular weight is 369 g/mol. The maximum atomic E-state index is 11.9. The molecule has 3 N–H and O–H groups in total. The van der Waals surface area contributed by atoms with Crippen molar-refractivity contribution in [1.29, 1.82) is 0 Å². The van der Waals surface area contributed by atoms with Crippen LogP contribution in [0.15, 0.2) is 72.1 Å². The summed E-state index contributed by atoms with van der Waals surface area (Å²) in [5.74, 6) is 0.774. The highest BCUT2D eigenvalue weighted by Gasteiger charge is 2.05. The number of carbonyl (C=O) groups excluding carboxylic acids is 2. The third-order valence-corrected chi connectivity index (χ3v) is 4.53. The van der Waals surface area contributed by atoms with E-state index < -0.39 is 0 Å². The smallest absolute Gasteiger partial charge is 0.319 e. The number of carbonyl (C=O) groups is 2. The van der Waals surface area contributed by atoms with Gasteiger partial charge >= 0.3 is 6.03 Å². The highest BCUT2D eigenvalue weighted by Crippen LogP contribution is 2.17. The first kappa shape index (κ1) is 19.6. The van der Waals surface area contributed by atoms with Crippen LogP contribution in [0.1, 0.15) is 16.8 Å². The minimum absolute atomic E-state index is 0.170. The van der Waals surface area contributed by atoms with Gasteiger partial charge in [0.2, 0.25) is 0 Å². The van der Waals surface area contributed by atoms with Crippen LogP contribution in [-0.2, 0) is 0 Å². The molecule has 136 valence electrons. The Kier molecular flexibility index (Phi) is 8.29. The molecule has 0 aliphatic carbocycles. The second kappa shape index (κ2) is 11.0. The van der Waals surface area contributed by atoms with Gasteiger partial charge in [-0.3, -0.25) is 4.79 Å².